The number of hydrogen-bond acceptors (Lipinski definition) is 4. The Kier molecular flexibility index (Phi) is 5.02. The van der Waals surface area contributed by atoms with E-state index in [1.807, 2.05) is 0 Å². The predicted octanol–water partition coefficient (Wildman–Crippen LogP) is 4.91. The number of hydrogen-bond donors (Lipinski definition) is 0. The number of rotatable bonds is 5. The molecule has 2 aromatic carbocycles. The van der Waals surface area contributed by atoms with E-state index in [1.54, 1.807) is 12.1 Å². The van der Waals surface area contributed by atoms with Gasteiger partial charge < -0.3 is 4.42 Å². The lowest BCUT2D eigenvalue weighted by atomic mass is 10.1. The topological polar surface area (TPSA) is 50.5 Å². The fourth-order valence-electron chi connectivity index (χ4n) is 2.93. The first-order valence-electron chi connectivity index (χ1n) is 8.45. The van der Waals surface area contributed by atoms with Crippen molar-refractivity contribution in [2.75, 3.05) is 4.90 Å². The molecule has 0 spiro atoms. The lowest BCUT2D eigenvalue weighted by Crippen LogP contribution is -2.32. The second kappa shape index (κ2) is 7.63. The van der Waals surface area contributed by atoms with E-state index in [2.05, 4.69) is 0 Å². The van der Waals surface area contributed by atoms with Crippen molar-refractivity contribution < 1.29 is 27.2 Å². The second-order valence-electron chi connectivity index (χ2n) is 6.12. The molecule has 8 heteroatoms. The molecule has 4 rings (SSSR count). The summed E-state index contributed by atoms with van der Waals surface area (Å²) in [5, 5.41) is 0. The van der Waals surface area contributed by atoms with Gasteiger partial charge in [0.1, 0.15) is 23.2 Å². The van der Waals surface area contributed by atoms with Crippen LogP contribution >= 0.6 is 11.8 Å². The highest BCUT2D eigenvalue weighted by atomic mass is 32.2. The molecule has 0 saturated heterocycles. The van der Waals surface area contributed by atoms with Gasteiger partial charge in [-0.15, -0.1) is 11.8 Å². The zero-order chi connectivity index (χ0) is 20.5. The lowest BCUT2D eigenvalue weighted by molar-refractivity contribution is -0.119. The van der Waals surface area contributed by atoms with Crippen LogP contribution in [0.2, 0.25) is 0 Å². The highest BCUT2D eigenvalue weighted by molar-refractivity contribution is 8.03. The van der Waals surface area contributed by atoms with Crippen molar-refractivity contribution >= 4 is 34.8 Å². The van der Waals surface area contributed by atoms with Gasteiger partial charge >= 0.3 is 0 Å². The van der Waals surface area contributed by atoms with E-state index in [-0.39, 0.29) is 16.2 Å². The summed E-state index contributed by atoms with van der Waals surface area (Å²) >= 11 is 1.03. The first-order valence-corrected chi connectivity index (χ1v) is 9.43. The monoisotopic (exact) mass is 415 g/mol. The summed E-state index contributed by atoms with van der Waals surface area (Å²) in [7, 11) is 0. The summed E-state index contributed by atoms with van der Waals surface area (Å²) < 4.78 is 46.5. The maximum absolute atomic E-state index is 14.3. The molecule has 146 valence electrons. The first kappa shape index (κ1) is 19.1. The van der Waals surface area contributed by atoms with Crippen molar-refractivity contribution in [3.8, 4) is 0 Å². The van der Waals surface area contributed by atoms with Crippen LogP contribution in [0.25, 0.3) is 5.57 Å². The van der Waals surface area contributed by atoms with Crippen LogP contribution in [-0.4, -0.2) is 11.8 Å². The minimum absolute atomic E-state index is 0.00443. The second-order valence-corrected chi connectivity index (χ2v) is 7.11. The molecule has 2 heterocycles. The fourth-order valence-corrected chi connectivity index (χ4v) is 3.94. The normalized spacial score (nSPS) is 14.2. The number of furan rings is 1. The van der Waals surface area contributed by atoms with Crippen LogP contribution in [0.5, 0.6) is 0 Å². The molecule has 1 aliphatic rings. The Bertz CT molecular complexity index is 1120. The van der Waals surface area contributed by atoms with Gasteiger partial charge in [-0.05, 0) is 42.0 Å². The van der Waals surface area contributed by atoms with Gasteiger partial charge in [-0.3, -0.25) is 9.59 Å². The third kappa shape index (κ3) is 3.58. The zero-order valence-electron chi connectivity index (χ0n) is 14.7. The number of halogens is 3. The molecule has 1 aromatic heterocycles. The maximum Gasteiger partial charge on any atom is 0.272 e. The van der Waals surface area contributed by atoms with Gasteiger partial charge in [0.05, 0.1) is 28.2 Å². The van der Waals surface area contributed by atoms with E-state index in [4.69, 9.17) is 4.42 Å². The number of nitrogens with zero attached hydrogens (tertiary/aromatic N) is 1. The highest BCUT2D eigenvalue weighted by Crippen LogP contribution is 2.40. The van der Waals surface area contributed by atoms with Crippen molar-refractivity contribution in [1.29, 1.82) is 0 Å². The van der Waals surface area contributed by atoms with Gasteiger partial charge in [0, 0.05) is 6.07 Å². The molecular formula is C21H12F3NO3S. The molecule has 0 bridgehead atoms. The number of thioether (sulfide) groups is 1. The van der Waals surface area contributed by atoms with E-state index in [0.717, 1.165) is 42.1 Å². The predicted molar refractivity (Wildman–Crippen MR) is 102 cm³/mol. The Labute approximate surface area is 167 Å². The van der Waals surface area contributed by atoms with Crippen LogP contribution in [0.4, 0.5) is 18.9 Å². The summed E-state index contributed by atoms with van der Waals surface area (Å²) in [4.78, 5) is 26.7. The molecule has 0 N–H and O–H groups in total. The van der Waals surface area contributed by atoms with Crippen molar-refractivity contribution in [2.24, 2.45) is 0 Å². The van der Waals surface area contributed by atoms with Crippen LogP contribution < -0.4 is 4.90 Å². The molecule has 29 heavy (non-hydrogen) atoms. The Morgan fingerprint density at radius 3 is 2.31 bits per heavy atom. The Morgan fingerprint density at radius 1 is 0.897 bits per heavy atom. The molecule has 0 unspecified atom stereocenters. The molecule has 4 nitrogen and oxygen atoms in total. The minimum atomic E-state index is -0.913. The SMILES string of the molecule is O=C1C(SCc2ccco2)=C(c2ccc(F)cc2)C(=O)N1c1cc(F)ccc1F. The first-order chi connectivity index (χ1) is 14.0. The molecule has 0 atom stereocenters. The van der Waals surface area contributed by atoms with E-state index in [1.165, 1.54) is 18.4 Å². The average molecular weight is 415 g/mol. The van der Waals surface area contributed by atoms with Crippen LogP contribution in [0.3, 0.4) is 0 Å². The van der Waals surface area contributed by atoms with Crippen LogP contribution in [-0.2, 0) is 15.3 Å². The minimum Gasteiger partial charge on any atom is -0.468 e. The van der Waals surface area contributed by atoms with Crippen molar-refractivity contribution in [3.63, 3.8) is 0 Å². The van der Waals surface area contributed by atoms with E-state index >= 15 is 0 Å². The van der Waals surface area contributed by atoms with E-state index in [0.29, 0.717) is 16.2 Å². The zero-order valence-corrected chi connectivity index (χ0v) is 15.5. The Morgan fingerprint density at radius 2 is 1.62 bits per heavy atom. The van der Waals surface area contributed by atoms with E-state index < -0.39 is 35.0 Å². The van der Waals surface area contributed by atoms with Gasteiger partial charge in [0.2, 0.25) is 0 Å². The largest absolute Gasteiger partial charge is 0.468 e. The van der Waals surface area contributed by atoms with Gasteiger partial charge in [0.15, 0.2) is 0 Å². The van der Waals surface area contributed by atoms with Crippen molar-refractivity contribution in [1.82, 2.24) is 0 Å². The quantitative estimate of drug-likeness (QED) is 0.556. The van der Waals surface area contributed by atoms with Gasteiger partial charge in [-0.1, -0.05) is 12.1 Å². The molecule has 3 aromatic rings. The van der Waals surface area contributed by atoms with Crippen LogP contribution in [0, 0.1) is 17.5 Å². The van der Waals surface area contributed by atoms with Gasteiger partial charge in [-0.2, -0.15) is 0 Å². The summed E-state index contributed by atoms with van der Waals surface area (Å²) in [6, 6.07) is 10.9. The smallest absolute Gasteiger partial charge is 0.272 e. The summed E-state index contributed by atoms with van der Waals surface area (Å²) in [5.41, 5.74) is -0.186. The summed E-state index contributed by atoms with van der Waals surface area (Å²) in [6.07, 6.45) is 1.47. The number of benzene rings is 2. The number of imide groups is 1. The molecule has 2 amide bonds. The van der Waals surface area contributed by atoms with Crippen molar-refractivity contribution in [2.45, 2.75) is 5.75 Å². The van der Waals surface area contributed by atoms with Gasteiger partial charge in [0.25, 0.3) is 11.8 Å². The van der Waals surface area contributed by atoms with Crippen LogP contribution in [0.15, 0.2) is 70.2 Å². The molecule has 0 fully saturated rings. The Balaban J connectivity index is 1.78. The van der Waals surface area contributed by atoms with E-state index in [9.17, 15) is 22.8 Å². The number of carbonyl (C=O) groups excluding carboxylic acids is 2. The molecule has 0 saturated carbocycles. The average Bonchev–Trinajstić information content (AvgIpc) is 3.30. The summed E-state index contributed by atoms with van der Waals surface area (Å²) in [6.45, 7) is 0. The summed E-state index contributed by atoms with van der Waals surface area (Å²) in [5.74, 6) is -3.00. The van der Waals surface area contributed by atoms with Gasteiger partial charge in [-0.25, -0.2) is 18.1 Å². The number of carbonyl (C=O) groups is 2. The molecule has 0 radical (unpaired) electrons. The molecule has 1 aliphatic heterocycles. The molecular weight excluding hydrogens is 403 g/mol. The standard InChI is InChI=1S/C21H12F3NO3S/c22-13-5-3-12(4-6-13)18-19(29-11-15-2-1-9-28-15)21(27)25(20(18)26)17-10-14(23)7-8-16(17)24/h1-10H,11H2. The third-order valence-corrected chi connectivity index (χ3v) is 5.36. The Hall–Kier alpha value is -3.26. The lowest BCUT2D eigenvalue weighted by Gasteiger charge is -2.16. The third-order valence-electron chi connectivity index (χ3n) is 4.26. The number of amides is 2. The fraction of sp³-hybridized carbons (Fsp3) is 0.0476. The maximum atomic E-state index is 14.3. The number of anilines is 1. The molecule has 0 aliphatic carbocycles. The van der Waals surface area contributed by atoms with Crippen LogP contribution in [0.1, 0.15) is 11.3 Å². The van der Waals surface area contributed by atoms with Crippen molar-refractivity contribution in [3.05, 3.63) is 94.5 Å². The highest BCUT2D eigenvalue weighted by Gasteiger charge is 2.41.